The lowest BCUT2D eigenvalue weighted by Crippen LogP contribution is -2.32. The van der Waals surface area contributed by atoms with Gasteiger partial charge in [-0.3, -0.25) is 4.79 Å². The number of nitrogens with zero attached hydrogens (tertiary/aromatic N) is 1. The van der Waals surface area contributed by atoms with Crippen molar-refractivity contribution in [3.63, 3.8) is 0 Å². The average Bonchev–Trinajstić information content (AvgIpc) is 2.73. The summed E-state index contributed by atoms with van der Waals surface area (Å²) < 4.78 is 5.22. The first-order chi connectivity index (χ1) is 7.09. The summed E-state index contributed by atoms with van der Waals surface area (Å²) in [5.74, 6) is 0.740. The molecule has 1 atom stereocenters. The third-order valence-electron chi connectivity index (χ3n) is 2.88. The van der Waals surface area contributed by atoms with Gasteiger partial charge in [0.25, 0.3) is 5.91 Å². The fraction of sp³-hybridized carbons (Fsp3) is 0.545. The molecule has 4 heteroatoms. The van der Waals surface area contributed by atoms with Crippen LogP contribution in [0.1, 0.15) is 28.1 Å². The fourth-order valence-electron chi connectivity index (χ4n) is 2.02. The number of rotatable bonds is 1. The van der Waals surface area contributed by atoms with E-state index < -0.39 is 0 Å². The highest BCUT2D eigenvalue weighted by molar-refractivity contribution is 5.96. The Kier molecular flexibility index (Phi) is 2.52. The smallest absolute Gasteiger partial charge is 0.257 e. The van der Waals surface area contributed by atoms with Gasteiger partial charge in [-0.25, -0.2) is 0 Å². The van der Waals surface area contributed by atoms with Crippen LogP contribution in [0.25, 0.3) is 0 Å². The van der Waals surface area contributed by atoms with E-state index in [-0.39, 0.29) is 11.9 Å². The minimum absolute atomic E-state index is 0.0479. The highest BCUT2D eigenvalue weighted by Gasteiger charge is 2.27. The Bertz CT molecular complexity index is 364. The van der Waals surface area contributed by atoms with Crippen LogP contribution >= 0.6 is 0 Å². The molecule has 0 radical (unpaired) electrons. The lowest BCUT2D eigenvalue weighted by atomic mass is 10.1. The van der Waals surface area contributed by atoms with Crippen LogP contribution in [0.2, 0.25) is 0 Å². The quantitative estimate of drug-likeness (QED) is 0.751. The van der Waals surface area contributed by atoms with Crippen LogP contribution in [-0.4, -0.2) is 29.9 Å². The van der Waals surface area contributed by atoms with Crippen LogP contribution in [0.15, 0.2) is 10.7 Å². The van der Waals surface area contributed by atoms with E-state index in [1.54, 1.807) is 11.2 Å². The Morgan fingerprint density at radius 2 is 2.33 bits per heavy atom. The summed E-state index contributed by atoms with van der Waals surface area (Å²) in [6.07, 6.45) is 2.51. The molecule has 2 heterocycles. The second-order valence-electron chi connectivity index (χ2n) is 4.15. The number of aryl methyl sites for hydroxylation is 2. The molecule has 2 rings (SSSR count). The van der Waals surface area contributed by atoms with Crippen LogP contribution in [0, 0.1) is 13.8 Å². The van der Waals surface area contributed by atoms with Crippen molar-refractivity contribution in [3.8, 4) is 0 Å². The van der Waals surface area contributed by atoms with Gasteiger partial charge < -0.3 is 15.1 Å². The van der Waals surface area contributed by atoms with Gasteiger partial charge in [-0.05, 0) is 20.3 Å². The van der Waals surface area contributed by atoms with Crippen molar-refractivity contribution >= 4 is 5.91 Å². The summed E-state index contributed by atoms with van der Waals surface area (Å²) in [6, 6.07) is 0.126. The molecule has 0 spiro atoms. The van der Waals surface area contributed by atoms with Gasteiger partial charge in [0.1, 0.15) is 5.76 Å². The lowest BCUT2D eigenvalue weighted by Gasteiger charge is -2.15. The standard InChI is InChI=1S/C11H16N2O2/c1-7-6-15-8(2)10(7)11(14)13-4-3-9(12)5-13/h6,9H,3-5,12H2,1-2H3. The topological polar surface area (TPSA) is 59.5 Å². The van der Waals surface area contributed by atoms with Crippen molar-refractivity contribution in [2.45, 2.75) is 26.3 Å². The molecule has 1 saturated heterocycles. The molecule has 1 aliphatic heterocycles. The minimum Gasteiger partial charge on any atom is -0.469 e. The molecule has 0 saturated carbocycles. The van der Waals surface area contributed by atoms with Gasteiger partial charge in [-0.2, -0.15) is 0 Å². The van der Waals surface area contributed by atoms with E-state index >= 15 is 0 Å². The zero-order valence-electron chi connectivity index (χ0n) is 9.12. The van der Waals surface area contributed by atoms with E-state index in [0.29, 0.717) is 17.9 Å². The van der Waals surface area contributed by atoms with Gasteiger partial charge in [0, 0.05) is 24.7 Å². The van der Waals surface area contributed by atoms with Crippen molar-refractivity contribution in [1.82, 2.24) is 4.90 Å². The summed E-state index contributed by atoms with van der Waals surface area (Å²) in [5, 5.41) is 0. The number of hydrogen-bond acceptors (Lipinski definition) is 3. The number of nitrogens with two attached hydrogens (primary N) is 1. The molecular formula is C11H16N2O2. The zero-order chi connectivity index (χ0) is 11.0. The number of hydrogen-bond donors (Lipinski definition) is 1. The number of likely N-dealkylation sites (tertiary alicyclic amines) is 1. The second kappa shape index (κ2) is 3.70. The predicted molar refractivity (Wildman–Crippen MR) is 56.7 cm³/mol. The van der Waals surface area contributed by atoms with E-state index in [4.69, 9.17) is 10.2 Å². The molecule has 1 amide bonds. The largest absolute Gasteiger partial charge is 0.469 e. The molecule has 1 fully saturated rings. The van der Waals surface area contributed by atoms with Crippen molar-refractivity contribution in [2.24, 2.45) is 5.73 Å². The van der Waals surface area contributed by atoms with E-state index in [0.717, 1.165) is 18.5 Å². The molecule has 1 aromatic heterocycles. The highest BCUT2D eigenvalue weighted by atomic mass is 16.3. The number of amides is 1. The third kappa shape index (κ3) is 1.77. The summed E-state index contributed by atoms with van der Waals surface area (Å²) in [7, 11) is 0. The third-order valence-corrected chi connectivity index (χ3v) is 2.88. The summed E-state index contributed by atoms with van der Waals surface area (Å²) in [4.78, 5) is 13.9. The van der Waals surface area contributed by atoms with E-state index in [9.17, 15) is 4.79 Å². The monoisotopic (exact) mass is 208 g/mol. The first-order valence-electron chi connectivity index (χ1n) is 5.19. The lowest BCUT2D eigenvalue weighted by molar-refractivity contribution is 0.0788. The minimum atomic E-state index is 0.0479. The molecule has 0 bridgehead atoms. The van der Waals surface area contributed by atoms with Gasteiger partial charge in [0.15, 0.2) is 0 Å². The van der Waals surface area contributed by atoms with Crippen LogP contribution < -0.4 is 5.73 Å². The van der Waals surface area contributed by atoms with Crippen LogP contribution in [0.4, 0.5) is 0 Å². The first-order valence-corrected chi connectivity index (χ1v) is 5.19. The Labute approximate surface area is 89.0 Å². The van der Waals surface area contributed by atoms with Crippen LogP contribution in [0.5, 0.6) is 0 Å². The predicted octanol–water partition coefficient (Wildman–Crippen LogP) is 1.07. The molecule has 1 unspecified atom stereocenters. The number of carbonyl (C=O) groups is 1. The van der Waals surface area contributed by atoms with E-state index in [2.05, 4.69) is 0 Å². The molecule has 1 aliphatic rings. The number of furan rings is 1. The summed E-state index contributed by atoms with van der Waals surface area (Å²) >= 11 is 0. The number of carbonyl (C=O) groups excluding carboxylic acids is 1. The maximum absolute atomic E-state index is 12.1. The molecular weight excluding hydrogens is 192 g/mol. The van der Waals surface area contributed by atoms with E-state index in [1.807, 2.05) is 13.8 Å². The maximum Gasteiger partial charge on any atom is 0.257 e. The second-order valence-corrected chi connectivity index (χ2v) is 4.15. The maximum atomic E-state index is 12.1. The zero-order valence-corrected chi connectivity index (χ0v) is 9.12. The van der Waals surface area contributed by atoms with Gasteiger partial charge in [0.05, 0.1) is 11.8 Å². The molecule has 2 N–H and O–H groups in total. The van der Waals surface area contributed by atoms with Crippen molar-refractivity contribution in [3.05, 3.63) is 23.2 Å². The normalized spacial score (nSPS) is 21.0. The van der Waals surface area contributed by atoms with Crippen molar-refractivity contribution in [2.75, 3.05) is 13.1 Å². The Hall–Kier alpha value is -1.29. The van der Waals surface area contributed by atoms with Gasteiger partial charge in [-0.15, -0.1) is 0 Å². The van der Waals surface area contributed by atoms with Gasteiger partial charge >= 0.3 is 0 Å². The molecule has 82 valence electrons. The highest BCUT2D eigenvalue weighted by Crippen LogP contribution is 2.20. The molecule has 0 aromatic carbocycles. The summed E-state index contributed by atoms with van der Waals surface area (Å²) in [6.45, 7) is 5.11. The molecule has 1 aromatic rings. The van der Waals surface area contributed by atoms with E-state index in [1.165, 1.54) is 0 Å². The van der Waals surface area contributed by atoms with Crippen molar-refractivity contribution < 1.29 is 9.21 Å². The molecule has 4 nitrogen and oxygen atoms in total. The Morgan fingerprint density at radius 1 is 1.60 bits per heavy atom. The Morgan fingerprint density at radius 3 is 2.80 bits per heavy atom. The van der Waals surface area contributed by atoms with Gasteiger partial charge in [-0.1, -0.05) is 0 Å². The molecule has 15 heavy (non-hydrogen) atoms. The van der Waals surface area contributed by atoms with Gasteiger partial charge in [0.2, 0.25) is 0 Å². The average molecular weight is 208 g/mol. The Balaban J connectivity index is 2.21. The van der Waals surface area contributed by atoms with Crippen molar-refractivity contribution in [1.29, 1.82) is 0 Å². The summed E-state index contributed by atoms with van der Waals surface area (Å²) in [5.41, 5.74) is 7.37. The first kappa shape index (κ1) is 10.2. The van der Waals surface area contributed by atoms with Crippen LogP contribution in [0.3, 0.4) is 0 Å². The fourth-order valence-corrected chi connectivity index (χ4v) is 2.02. The SMILES string of the molecule is Cc1coc(C)c1C(=O)N1CCC(N)C1. The van der Waals surface area contributed by atoms with Crippen LogP contribution in [-0.2, 0) is 0 Å². The molecule has 0 aliphatic carbocycles.